The van der Waals surface area contributed by atoms with Crippen molar-refractivity contribution in [3.8, 4) is 0 Å². The van der Waals surface area contributed by atoms with E-state index in [0.29, 0.717) is 10.8 Å². The van der Waals surface area contributed by atoms with Gasteiger partial charge in [-0.2, -0.15) is 0 Å². The van der Waals surface area contributed by atoms with Gasteiger partial charge < -0.3 is 4.90 Å². The number of thiazole rings is 1. The van der Waals surface area contributed by atoms with Crippen molar-refractivity contribution in [1.82, 2.24) is 19.3 Å². The van der Waals surface area contributed by atoms with E-state index in [1.165, 1.54) is 4.88 Å². The Kier molecular flexibility index (Phi) is 3.62. The van der Waals surface area contributed by atoms with Gasteiger partial charge in [-0.1, -0.05) is 6.07 Å². The molecule has 7 heteroatoms. The Labute approximate surface area is 144 Å². The van der Waals surface area contributed by atoms with Crippen molar-refractivity contribution < 1.29 is 4.79 Å². The molecule has 0 aliphatic carbocycles. The summed E-state index contributed by atoms with van der Waals surface area (Å²) in [7, 11) is 2.10. The van der Waals surface area contributed by atoms with Gasteiger partial charge in [0.25, 0.3) is 5.91 Å². The molecule has 0 bridgehead atoms. The van der Waals surface area contributed by atoms with E-state index in [-0.39, 0.29) is 5.91 Å². The van der Waals surface area contributed by atoms with Gasteiger partial charge in [0.05, 0.1) is 11.4 Å². The number of nitrogens with zero attached hydrogens (tertiary/aromatic N) is 4. The molecule has 24 heavy (non-hydrogen) atoms. The van der Waals surface area contributed by atoms with Gasteiger partial charge in [-0.05, 0) is 32.5 Å². The number of amides is 1. The third kappa shape index (κ3) is 2.50. The minimum atomic E-state index is -0.162. The first-order valence-corrected chi connectivity index (χ1v) is 8.77. The third-order valence-corrected chi connectivity index (χ3v) is 5.37. The van der Waals surface area contributed by atoms with Gasteiger partial charge in [0.1, 0.15) is 11.3 Å². The Morgan fingerprint density at radius 3 is 3.00 bits per heavy atom. The molecule has 1 N–H and O–H groups in total. The van der Waals surface area contributed by atoms with Crippen LogP contribution >= 0.6 is 11.3 Å². The average molecular weight is 341 g/mol. The van der Waals surface area contributed by atoms with E-state index < -0.39 is 0 Å². The van der Waals surface area contributed by atoms with E-state index in [1.807, 2.05) is 36.6 Å². The molecule has 0 radical (unpaired) electrons. The highest BCUT2D eigenvalue weighted by molar-refractivity contribution is 7.15. The third-order valence-electron chi connectivity index (χ3n) is 4.38. The van der Waals surface area contributed by atoms with Crippen LogP contribution in [0.1, 0.15) is 32.3 Å². The first kappa shape index (κ1) is 15.3. The number of anilines is 1. The van der Waals surface area contributed by atoms with Gasteiger partial charge >= 0.3 is 0 Å². The fourth-order valence-corrected chi connectivity index (χ4v) is 4.21. The highest BCUT2D eigenvalue weighted by Gasteiger charge is 2.22. The van der Waals surface area contributed by atoms with Gasteiger partial charge in [-0.3, -0.25) is 14.5 Å². The minimum absolute atomic E-state index is 0.162. The highest BCUT2D eigenvalue weighted by Crippen LogP contribution is 2.28. The van der Waals surface area contributed by atoms with Crippen LogP contribution in [0.15, 0.2) is 18.3 Å². The second kappa shape index (κ2) is 5.68. The second-order valence-electron chi connectivity index (χ2n) is 6.26. The van der Waals surface area contributed by atoms with Crippen LogP contribution in [0.2, 0.25) is 0 Å². The van der Waals surface area contributed by atoms with E-state index >= 15 is 0 Å². The zero-order valence-corrected chi connectivity index (χ0v) is 14.8. The molecule has 4 heterocycles. The number of nitrogens with one attached hydrogen (secondary N) is 1. The van der Waals surface area contributed by atoms with Crippen LogP contribution in [-0.2, 0) is 13.0 Å². The second-order valence-corrected chi connectivity index (χ2v) is 7.35. The molecule has 3 aromatic rings. The summed E-state index contributed by atoms with van der Waals surface area (Å²) in [5.41, 5.74) is 4.27. The van der Waals surface area contributed by atoms with Gasteiger partial charge in [-0.25, -0.2) is 9.97 Å². The molecule has 1 aliphatic heterocycles. The van der Waals surface area contributed by atoms with Crippen molar-refractivity contribution in [3.05, 3.63) is 45.9 Å². The molecule has 0 saturated carbocycles. The predicted octanol–water partition coefficient (Wildman–Crippen LogP) is 2.65. The fourth-order valence-electron chi connectivity index (χ4n) is 3.12. The topological polar surface area (TPSA) is 62.5 Å². The number of carbonyl (C=O) groups excluding carboxylic acids is 1. The quantitative estimate of drug-likeness (QED) is 0.778. The van der Waals surface area contributed by atoms with Crippen molar-refractivity contribution >= 4 is 28.0 Å². The van der Waals surface area contributed by atoms with Crippen molar-refractivity contribution in [1.29, 1.82) is 0 Å². The molecule has 0 atom stereocenters. The molecule has 0 spiro atoms. The zero-order valence-electron chi connectivity index (χ0n) is 14.0. The van der Waals surface area contributed by atoms with Crippen molar-refractivity contribution in [3.63, 3.8) is 0 Å². The van der Waals surface area contributed by atoms with Crippen LogP contribution in [0.4, 0.5) is 5.13 Å². The number of carbonyl (C=O) groups is 1. The number of aryl methyl sites for hydroxylation is 2. The number of hydrogen-bond donors (Lipinski definition) is 1. The van der Waals surface area contributed by atoms with E-state index in [4.69, 9.17) is 0 Å². The molecule has 3 aromatic heterocycles. The molecule has 124 valence electrons. The Bertz CT molecular complexity index is 942. The lowest BCUT2D eigenvalue weighted by molar-refractivity contribution is 0.102. The molecule has 0 aromatic carbocycles. The van der Waals surface area contributed by atoms with Gasteiger partial charge in [-0.15, -0.1) is 11.3 Å². The molecule has 0 unspecified atom stereocenters. The average Bonchev–Trinajstić information content (AvgIpc) is 3.07. The van der Waals surface area contributed by atoms with E-state index in [0.717, 1.165) is 42.1 Å². The molecule has 4 rings (SSSR count). The smallest absolute Gasteiger partial charge is 0.276 e. The Morgan fingerprint density at radius 2 is 2.17 bits per heavy atom. The SMILES string of the molecule is Cc1nc2c(C)cccn2c1C(=O)Nc1nc2c(s1)CN(C)CC2. The molecule has 0 fully saturated rings. The highest BCUT2D eigenvalue weighted by atomic mass is 32.1. The zero-order chi connectivity index (χ0) is 16.8. The largest absolute Gasteiger partial charge is 0.301 e. The van der Waals surface area contributed by atoms with Crippen molar-refractivity contribution in [2.75, 3.05) is 18.9 Å². The maximum Gasteiger partial charge on any atom is 0.276 e. The lowest BCUT2D eigenvalue weighted by Gasteiger charge is -2.20. The summed E-state index contributed by atoms with van der Waals surface area (Å²) in [5, 5.41) is 3.63. The number of pyridine rings is 1. The summed E-state index contributed by atoms with van der Waals surface area (Å²) in [6.07, 6.45) is 2.81. The standard InChI is InChI=1S/C17H19N5OS/c1-10-5-4-7-22-14(11(2)18-15(10)22)16(23)20-17-19-12-6-8-21(3)9-13(12)24-17/h4-5,7H,6,8-9H2,1-3H3,(H,19,20,23). The number of hydrogen-bond acceptors (Lipinski definition) is 5. The fraction of sp³-hybridized carbons (Fsp3) is 0.353. The number of imidazole rings is 1. The minimum Gasteiger partial charge on any atom is -0.301 e. The van der Waals surface area contributed by atoms with Crippen LogP contribution in [0.3, 0.4) is 0 Å². The van der Waals surface area contributed by atoms with Crippen LogP contribution < -0.4 is 5.32 Å². The number of rotatable bonds is 2. The van der Waals surface area contributed by atoms with Crippen molar-refractivity contribution in [2.45, 2.75) is 26.8 Å². The number of likely N-dealkylation sites (N-methyl/N-ethyl adjacent to an activating group) is 1. The van der Waals surface area contributed by atoms with Crippen LogP contribution in [0.25, 0.3) is 5.65 Å². The lowest BCUT2D eigenvalue weighted by Crippen LogP contribution is -2.25. The molecular weight excluding hydrogens is 322 g/mol. The summed E-state index contributed by atoms with van der Waals surface area (Å²) in [5.74, 6) is -0.162. The summed E-state index contributed by atoms with van der Waals surface area (Å²) >= 11 is 1.56. The van der Waals surface area contributed by atoms with Gasteiger partial charge in [0, 0.05) is 30.6 Å². The Balaban J connectivity index is 1.66. The number of aromatic nitrogens is 3. The van der Waals surface area contributed by atoms with E-state index in [1.54, 1.807) is 11.3 Å². The number of fused-ring (bicyclic) bond motifs is 2. The van der Waals surface area contributed by atoms with Crippen LogP contribution in [0.5, 0.6) is 0 Å². The maximum absolute atomic E-state index is 12.8. The van der Waals surface area contributed by atoms with Crippen LogP contribution in [-0.4, -0.2) is 38.8 Å². The Hall–Kier alpha value is -2.25. The monoisotopic (exact) mass is 341 g/mol. The predicted molar refractivity (Wildman–Crippen MR) is 94.8 cm³/mol. The maximum atomic E-state index is 12.8. The van der Waals surface area contributed by atoms with E-state index in [2.05, 4.69) is 27.2 Å². The van der Waals surface area contributed by atoms with Gasteiger partial charge in [0.15, 0.2) is 5.13 Å². The summed E-state index contributed by atoms with van der Waals surface area (Å²) < 4.78 is 1.85. The molecule has 1 amide bonds. The first-order valence-electron chi connectivity index (χ1n) is 7.95. The summed E-state index contributed by atoms with van der Waals surface area (Å²) in [6.45, 7) is 5.77. The summed E-state index contributed by atoms with van der Waals surface area (Å²) in [6, 6.07) is 3.92. The Morgan fingerprint density at radius 1 is 1.33 bits per heavy atom. The molecule has 1 aliphatic rings. The molecule has 6 nitrogen and oxygen atoms in total. The normalized spacial score (nSPS) is 14.8. The van der Waals surface area contributed by atoms with Crippen LogP contribution in [0, 0.1) is 13.8 Å². The molecule has 0 saturated heterocycles. The van der Waals surface area contributed by atoms with Gasteiger partial charge in [0.2, 0.25) is 0 Å². The first-order chi connectivity index (χ1) is 11.5. The van der Waals surface area contributed by atoms with Crippen molar-refractivity contribution in [2.24, 2.45) is 0 Å². The summed E-state index contributed by atoms with van der Waals surface area (Å²) in [4.78, 5) is 25.4. The van der Waals surface area contributed by atoms with E-state index in [9.17, 15) is 4.79 Å². The molecular formula is C17H19N5OS. The lowest BCUT2D eigenvalue weighted by atomic mass is 10.2.